The van der Waals surface area contributed by atoms with E-state index in [0.29, 0.717) is 15.2 Å². The molecule has 24 heavy (non-hydrogen) atoms. The minimum absolute atomic E-state index is 0.282. The SMILES string of the molecule is CN1CCc2nc(NC(=O)C(=O)Nc3cc(Cl)ccc3Cl)sc2C1. The van der Waals surface area contributed by atoms with Crippen LogP contribution in [0.15, 0.2) is 18.2 Å². The molecule has 0 spiro atoms. The summed E-state index contributed by atoms with van der Waals surface area (Å²) >= 11 is 13.2. The number of hydrogen-bond donors (Lipinski definition) is 2. The monoisotopic (exact) mass is 384 g/mol. The minimum Gasteiger partial charge on any atom is -0.316 e. The predicted molar refractivity (Wildman–Crippen MR) is 95.9 cm³/mol. The van der Waals surface area contributed by atoms with Crippen LogP contribution in [-0.4, -0.2) is 35.3 Å². The molecule has 6 nitrogen and oxygen atoms in total. The van der Waals surface area contributed by atoms with E-state index in [9.17, 15) is 9.59 Å². The molecule has 1 aliphatic rings. The lowest BCUT2D eigenvalue weighted by Crippen LogP contribution is -2.29. The molecule has 0 atom stereocenters. The second kappa shape index (κ2) is 7.06. The van der Waals surface area contributed by atoms with E-state index in [1.54, 1.807) is 12.1 Å². The van der Waals surface area contributed by atoms with Gasteiger partial charge >= 0.3 is 11.8 Å². The number of anilines is 2. The highest BCUT2D eigenvalue weighted by molar-refractivity contribution is 7.16. The van der Waals surface area contributed by atoms with Crippen molar-refractivity contribution in [1.82, 2.24) is 9.88 Å². The molecule has 0 saturated carbocycles. The summed E-state index contributed by atoms with van der Waals surface area (Å²) < 4.78 is 0. The van der Waals surface area contributed by atoms with E-state index in [1.165, 1.54) is 17.4 Å². The fraction of sp³-hybridized carbons (Fsp3) is 0.267. The summed E-state index contributed by atoms with van der Waals surface area (Å²) in [5.41, 5.74) is 1.26. The lowest BCUT2D eigenvalue weighted by Gasteiger charge is -2.20. The summed E-state index contributed by atoms with van der Waals surface area (Å²) in [6, 6.07) is 4.62. The van der Waals surface area contributed by atoms with Crippen molar-refractivity contribution in [2.45, 2.75) is 13.0 Å². The first-order valence-electron chi connectivity index (χ1n) is 7.17. The third-order valence-electron chi connectivity index (χ3n) is 3.53. The first-order valence-corrected chi connectivity index (χ1v) is 8.74. The van der Waals surface area contributed by atoms with E-state index in [0.717, 1.165) is 30.1 Å². The molecule has 126 valence electrons. The third kappa shape index (κ3) is 3.87. The Balaban J connectivity index is 1.66. The van der Waals surface area contributed by atoms with E-state index in [4.69, 9.17) is 23.2 Å². The van der Waals surface area contributed by atoms with Crippen LogP contribution in [0.4, 0.5) is 10.8 Å². The number of likely N-dealkylation sites (N-methyl/N-ethyl adjacent to an activating group) is 1. The second-order valence-corrected chi connectivity index (χ2v) is 7.34. The minimum atomic E-state index is -0.829. The van der Waals surface area contributed by atoms with Gasteiger partial charge in [0.15, 0.2) is 5.13 Å². The Hall–Kier alpha value is -1.67. The van der Waals surface area contributed by atoms with E-state index >= 15 is 0 Å². The fourth-order valence-electron chi connectivity index (χ4n) is 2.30. The van der Waals surface area contributed by atoms with Crippen molar-refractivity contribution in [1.29, 1.82) is 0 Å². The van der Waals surface area contributed by atoms with Crippen LogP contribution < -0.4 is 10.6 Å². The van der Waals surface area contributed by atoms with Crippen LogP contribution in [0.5, 0.6) is 0 Å². The Morgan fingerprint density at radius 1 is 1.25 bits per heavy atom. The summed E-state index contributed by atoms with van der Waals surface area (Å²) in [6.45, 7) is 1.73. The standard InChI is InChI=1S/C15H14Cl2N4O2S/c1-21-5-4-10-12(7-21)24-15(19-10)20-14(23)13(22)18-11-6-8(16)2-3-9(11)17/h2-3,6H,4-5,7H2,1H3,(H,18,22)(H,19,20,23). The summed E-state index contributed by atoms with van der Waals surface area (Å²) in [4.78, 5) is 31.7. The predicted octanol–water partition coefficient (Wildman–Crippen LogP) is 3.02. The highest BCUT2D eigenvalue weighted by Gasteiger charge is 2.21. The van der Waals surface area contributed by atoms with Crippen molar-refractivity contribution in [2.75, 3.05) is 24.2 Å². The maximum Gasteiger partial charge on any atom is 0.315 e. The smallest absolute Gasteiger partial charge is 0.315 e. The summed E-state index contributed by atoms with van der Waals surface area (Å²) in [5.74, 6) is -1.63. The number of benzene rings is 1. The molecular formula is C15H14Cl2N4O2S. The Morgan fingerprint density at radius 2 is 2.00 bits per heavy atom. The molecule has 2 N–H and O–H groups in total. The molecule has 0 unspecified atom stereocenters. The number of hydrogen-bond acceptors (Lipinski definition) is 5. The van der Waals surface area contributed by atoms with Crippen LogP contribution in [0, 0.1) is 0 Å². The van der Waals surface area contributed by atoms with Gasteiger partial charge in [0.05, 0.1) is 16.4 Å². The van der Waals surface area contributed by atoms with Crippen LogP contribution >= 0.6 is 34.5 Å². The molecule has 2 amide bonds. The number of halogens is 2. The van der Waals surface area contributed by atoms with Gasteiger partial charge in [0.1, 0.15) is 0 Å². The first kappa shape index (κ1) is 17.2. The molecule has 9 heteroatoms. The zero-order valence-corrected chi connectivity index (χ0v) is 15.1. The Labute approximate surface area is 152 Å². The fourth-order valence-corrected chi connectivity index (χ4v) is 3.72. The zero-order chi connectivity index (χ0) is 17.3. The molecule has 1 aromatic heterocycles. The van der Waals surface area contributed by atoms with E-state index < -0.39 is 11.8 Å². The van der Waals surface area contributed by atoms with Crippen molar-refractivity contribution in [2.24, 2.45) is 0 Å². The lowest BCUT2D eigenvalue weighted by molar-refractivity contribution is -0.132. The molecule has 2 heterocycles. The summed E-state index contributed by atoms with van der Waals surface area (Å²) in [5, 5.41) is 6.10. The molecule has 0 saturated heterocycles. The van der Waals surface area contributed by atoms with Crippen molar-refractivity contribution >= 4 is 57.2 Å². The number of nitrogens with zero attached hydrogens (tertiary/aromatic N) is 2. The van der Waals surface area contributed by atoms with Gasteiger partial charge in [0.2, 0.25) is 0 Å². The van der Waals surface area contributed by atoms with E-state index in [2.05, 4.69) is 20.5 Å². The number of rotatable bonds is 2. The molecule has 0 bridgehead atoms. The maximum atomic E-state index is 12.0. The average Bonchev–Trinajstić information content (AvgIpc) is 2.92. The average molecular weight is 385 g/mol. The molecule has 1 aliphatic heterocycles. The second-order valence-electron chi connectivity index (χ2n) is 5.41. The highest BCUT2D eigenvalue weighted by Crippen LogP contribution is 2.28. The number of nitrogens with one attached hydrogen (secondary N) is 2. The van der Waals surface area contributed by atoms with Gasteiger partial charge in [-0.2, -0.15) is 0 Å². The molecule has 1 aromatic carbocycles. The van der Waals surface area contributed by atoms with Gasteiger partial charge in [-0.15, -0.1) is 11.3 Å². The quantitative estimate of drug-likeness (QED) is 0.780. The molecule has 3 rings (SSSR count). The van der Waals surface area contributed by atoms with Crippen LogP contribution in [0.2, 0.25) is 10.0 Å². The number of carbonyl (C=O) groups excluding carboxylic acids is 2. The van der Waals surface area contributed by atoms with Crippen molar-refractivity contribution in [3.8, 4) is 0 Å². The molecule has 0 aliphatic carbocycles. The first-order chi connectivity index (χ1) is 11.4. The molecule has 0 radical (unpaired) electrons. The Bertz CT molecular complexity index is 809. The van der Waals surface area contributed by atoms with Crippen LogP contribution in [-0.2, 0) is 22.6 Å². The third-order valence-corrected chi connectivity index (χ3v) is 5.09. The largest absolute Gasteiger partial charge is 0.316 e. The Morgan fingerprint density at radius 3 is 2.79 bits per heavy atom. The number of carbonyl (C=O) groups is 2. The van der Waals surface area contributed by atoms with E-state index in [1.807, 2.05) is 7.05 Å². The van der Waals surface area contributed by atoms with Crippen LogP contribution in [0.3, 0.4) is 0 Å². The molecule has 0 fully saturated rings. The maximum absolute atomic E-state index is 12.0. The number of aromatic nitrogens is 1. The van der Waals surface area contributed by atoms with Crippen molar-refractivity contribution in [3.05, 3.63) is 38.8 Å². The van der Waals surface area contributed by atoms with Gasteiger partial charge in [-0.1, -0.05) is 23.2 Å². The van der Waals surface area contributed by atoms with Gasteiger partial charge in [0, 0.05) is 29.4 Å². The van der Waals surface area contributed by atoms with Gasteiger partial charge in [-0.05, 0) is 25.2 Å². The van der Waals surface area contributed by atoms with Crippen LogP contribution in [0.1, 0.15) is 10.6 Å². The van der Waals surface area contributed by atoms with Gasteiger partial charge in [-0.3, -0.25) is 14.9 Å². The number of amides is 2. The summed E-state index contributed by atoms with van der Waals surface area (Å²) in [7, 11) is 2.03. The van der Waals surface area contributed by atoms with Gasteiger partial charge in [0.25, 0.3) is 0 Å². The van der Waals surface area contributed by atoms with Crippen molar-refractivity contribution in [3.63, 3.8) is 0 Å². The van der Waals surface area contributed by atoms with Gasteiger partial charge in [-0.25, -0.2) is 4.98 Å². The normalized spacial score (nSPS) is 14.1. The number of thiazole rings is 1. The summed E-state index contributed by atoms with van der Waals surface area (Å²) in [6.07, 6.45) is 0.836. The van der Waals surface area contributed by atoms with Crippen LogP contribution in [0.25, 0.3) is 0 Å². The molecule has 2 aromatic rings. The van der Waals surface area contributed by atoms with Gasteiger partial charge < -0.3 is 10.2 Å². The highest BCUT2D eigenvalue weighted by atomic mass is 35.5. The van der Waals surface area contributed by atoms with E-state index in [-0.39, 0.29) is 5.69 Å². The molecular weight excluding hydrogens is 371 g/mol. The van der Waals surface area contributed by atoms with Crippen molar-refractivity contribution < 1.29 is 9.59 Å². The number of fused-ring (bicyclic) bond motifs is 1. The lowest BCUT2D eigenvalue weighted by atomic mass is 10.2. The Kier molecular flexibility index (Phi) is 5.05. The zero-order valence-electron chi connectivity index (χ0n) is 12.7. The topological polar surface area (TPSA) is 74.3 Å².